The average Bonchev–Trinajstić information content (AvgIpc) is 3.59. The van der Waals surface area contributed by atoms with Gasteiger partial charge in [0.05, 0.1) is 54.5 Å². The van der Waals surface area contributed by atoms with Crippen molar-refractivity contribution < 1.29 is 18.7 Å². The SMILES string of the molecule is O=C(N[C@H]1CC(=O)N(c2ccc3c(cnn3-c3ccc(F)cc3)c2)[C@@]1(c1ccccc1)C1CC1)C1COC1. The van der Waals surface area contributed by atoms with Crippen LogP contribution in [0.1, 0.15) is 24.8 Å². The Balaban J connectivity index is 1.33. The van der Waals surface area contributed by atoms with Gasteiger partial charge in [-0.25, -0.2) is 9.07 Å². The van der Waals surface area contributed by atoms with Crippen LogP contribution >= 0.6 is 0 Å². The Labute approximate surface area is 219 Å². The molecule has 0 bridgehead atoms. The standard InChI is InChI=1S/C30H27FN4O3/c31-23-8-10-24(11-9-23)35-26-13-12-25(14-19(26)16-32-35)34-28(36)15-27(33-29(37)20-17-38-18-20)30(34,22-6-7-22)21-4-2-1-3-5-21/h1-5,8-14,16,20,22,27H,6-7,15,17-18H2,(H,33,37)/t27-,30-/m0/s1. The smallest absolute Gasteiger partial charge is 0.230 e. The molecule has 38 heavy (non-hydrogen) atoms. The Morgan fingerprint density at radius 3 is 2.42 bits per heavy atom. The second-order valence-electron chi connectivity index (χ2n) is 10.5. The maximum atomic E-state index is 13.8. The van der Waals surface area contributed by atoms with E-state index < -0.39 is 5.54 Å². The highest BCUT2D eigenvalue weighted by Crippen LogP contribution is 2.56. The molecule has 1 aliphatic carbocycles. The molecule has 2 atom stereocenters. The molecular weight excluding hydrogens is 483 g/mol. The lowest BCUT2D eigenvalue weighted by atomic mass is 9.78. The molecule has 3 aromatic carbocycles. The molecule has 2 amide bonds. The summed E-state index contributed by atoms with van der Waals surface area (Å²) in [5.74, 6) is -0.296. The highest BCUT2D eigenvalue weighted by atomic mass is 19.1. The number of halogens is 1. The van der Waals surface area contributed by atoms with Gasteiger partial charge in [0, 0.05) is 11.1 Å². The molecule has 1 aromatic heterocycles. The van der Waals surface area contributed by atoms with Crippen molar-refractivity contribution in [1.29, 1.82) is 0 Å². The molecular formula is C30H27FN4O3. The Kier molecular flexibility index (Phi) is 5.33. The number of carbonyl (C=O) groups is 2. The van der Waals surface area contributed by atoms with E-state index in [2.05, 4.69) is 22.5 Å². The number of nitrogens with one attached hydrogen (secondary N) is 1. The van der Waals surface area contributed by atoms with Crippen LogP contribution in [0.2, 0.25) is 0 Å². The molecule has 2 aliphatic heterocycles. The van der Waals surface area contributed by atoms with Gasteiger partial charge >= 0.3 is 0 Å². The van der Waals surface area contributed by atoms with Gasteiger partial charge in [0.2, 0.25) is 11.8 Å². The quantitative estimate of drug-likeness (QED) is 0.419. The number of rotatable bonds is 6. The summed E-state index contributed by atoms with van der Waals surface area (Å²) in [5.41, 5.74) is 2.75. The molecule has 0 radical (unpaired) electrons. The zero-order chi connectivity index (χ0) is 25.9. The number of hydrogen-bond donors (Lipinski definition) is 1. The summed E-state index contributed by atoms with van der Waals surface area (Å²) in [5, 5.41) is 8.67. The largest absolute Gasteiger partial charge is 0.380 e. The minimum atomic E-state index is -0.681. The number of carbonyl (C=O) groups excluding carboxylic acids is 2. The van der Waals surface area contributed by atoms with E-state index in [1.165, 1.54) is 12.1 Å². The zero-order valence-electron chi connectivity index (χ0n) is 20.7. The number of ether oxygens (including phenoxy) is 1. The number of fused-ring (bicyclic) bond motifs is 1. The van der Waals surface area contributed by atoms with Gasteiger partial charge in [-0.2, -0.15) is 5.10 Å². The highest BCUT2D eigenvalue weighted by Gasteiger charge is 2.62. The molecule has 8 heteroatoms. The molecule has 3 heterocycles. The van der Waals surface area contributed by atoms with Gasteiger partial charge in [-0.05, 0) is 66.8 Å². The van der Waals surface area contributed by atoms with Crippen molar-refractivity contribution in [2.24, 2.45) is 11.8 Å². The van der Waals surface area contributed by atoms with E-state index in [9.17, 15) is 14.0 Å². The number of nitrogens with zero attached hydrogens (tertiary/aromatic N) is 3. The molecule has 1 saturated carbocycles. The molecule has 0 spiro atoms. The number of amides is 2. The van der Waals surface area contributed by atoms with Crippen molar-refractivity contribution in [3.05, 3.63) is 90.4 Å². The Morgan fingerprint density at radius 1 is 1.00 bits per heavy atom. The van der Waals surface area contributed by atoms with Crippen LogP contribution in [0.15, 0.2) is 79.0 Å². The summed E-state index contributed by atoms with van der Waals surface area (Å²) in [6, 6.07) is 21.8. The Hall–Kier alpha value is -4.04. The number of hydrogen-bond acceptors (Lipinski definition) is 4. The van der Waals surface area contributed by atoms with E-state index in [1.807, 2.05) is 41.3 Å². The van der Waals surface area contributed by atoms with Crippen LogP contribution in [-0.2, 0) is 19.9 Å². The first-order chi connectivity index (χ1) is 18.6. The molecule has 192 valence electrons. The summed E-state index contributed by atoms with van der Waals surface area (Å²) >= 11 is 0. The zero-order valence-corrected chi connectivity index (χ0v) is 20.7. The first-order valence-corrected chi connectivity index (χ1v) is 13.1. The van der Waals surface area contributed by atoms with Crippen molar-refractivity contribution in [2.75, 3.05) is 18.1 Å². The van der Waals surface area contributed by atoms with Crippen LogP contribution in [0.4, 0.5) is 10.1 Å². The molecule has 7 nitrogen and oxygen atoms in total. The van der Waals surface area contributed by atoms with Crippen molar-refractivity contribution in [2.45, 2.75) is 30.8 Å². The van der Waals surface area contributed by atoms with Crippen LogP contribution in [0.3, 0.4) is 0 Å². The summed E-state index contributed by atoms with van der Waals surface area (Å²) in [6.07, 6.45) is 3.97. The van der Waals surface area contributed by atoms with E-state index in [0.29, 0.717) is 13.2 Å². The maximum Gasteiger partial charge on any atom is 0.230 e. The first kappa shape index (κ1) is 23.1. The molecule has 4 aromatic rings. The number of aromatic nitrogens is 2. The van der Waals surface area contributed by atoms with Crippen LogP contribution < -0.4 is 10.2 Å². The normalized spacial score (nSPS) is 23.6. The molecule has 2 saturated heterocycles. The second kappa shape index (κ2) is 8.77. The van der Waals surface area contributed by atoms with Crippen LogP contribution in [0.5, 0.6) is 0 Å². The minimum absolute atomic E-state index is 0.0128. The van der Waals surface area contributed by atoms with E-state index >= 15 is 0 Å². The van der Waals surface area contributed by atoms with Gasteiger partial charge in [-0.15, -0.1) is 0 Å². The molecule has 3 aliphatic rings. The van der Waals surface area contributed by atoms with Crippen LogP contribution in [-0.4, -0.2) is 40.9 Å². The third-order valence-electron chi connectivity index (χ3n) is 8.17. The summed E-state index contributed by atoms with van der Waals surface area (Å²) < 4.78 is 20.5. The van der Waals surface area contributed by atoms with Gasteiger partial charge in [0.15, 0.2) is 0 Å². The van der Waals surface area contributed by atoms with Gasteiger partial charge in [-0.3, -0.25) is 14.5 Å². The van der Waals surface area contributed by atoms with E-state index in [0.717, 1.165) is 40.7 Å². The van der Waals surface area contributed by atoms with E-state index in [4.69, 9.17) is 4.74 Å². The van der Waals surface area contributed by atoms with Crippen molar-refractivity contribution in [1.82, 2.24) is 15.1 Å². The predicted molar refractivity (Wildman–Crippen MR) is 140 cm³/mol. The third-order valence-corrected chi connectivity index (χ3v) is 8.17. The molecule has 3 fully saturated rings. The predicted octanol–water partition coefficient (Wildman–Crippen LogP) is 4.34. The lowest BCUT2D eigenvalue weighted by Crippen LogP contribution is -2.58. The third kappa shape index (κ3) is 3.55. The molecule has 7 rings (SSSR count). The van der Waals surface area contributed by atoms with Gasteiger partial charge in [0.1, 0.15) is 5.82 Å². The summed E-state index contributed by atoms with van der Waals surface area (Å²) in [7, 11) is 0. The second-order valence-corrected chi connectivity index (χ2v) is 10.5. The summed E-state index contributed by atoms with van der Waals surface area (Å²) in [6.45, 7) is 0.847. The number of benzene rings is 3. The fraction of sp³-hybridized carbons (Fsp3) is 0.300. The number of anilines is 1. The molecule has 0 unspecified atom stereocenters. The van der Waals surface area contributed by atoms with Gasteiger partial charge in [-0.1, -0.05) is 30.3 Å². The highest BCUT2D eigenvalue weighted by molar-refractivity contribution is 6.01. The van der Waals surface area contributed by atoms with Crippen molar-refractivity contribution in [3.63, 3.8) is 0 Å². The fourth-order valence-corrected chi connectivity index (χ4v) is 6.19. The maximum absolute atomic E-state index is 13.8. The van der Waals surface area contributed by atoms with Crippen LogP contribution in [0, 0.1) is 17.7 Å². The van der Waals surface area contributed by atoms with E-state index in [-0.39, 0.29) is 41.9 Å². The summed E-state index contributed by atoms with van der Waals surface area (Å²) in [4.78, 5) is 28.8. The minimum Gasteiger partial charge on any atom is -0.380 e. The Morgan fingerprint density at radius 2 is 1.74 bits per heavy atom. The van der Waals surface area contributed by atoms with E-state index in [1.54, 1.807) is 23.0 Å². The fourth-order valence-electron chi connectivity index (χ4n) is 6.19. The lowest BCUT2D eigenvalue weighted by molar-refractivity contribution is -0.140. The van der Waals surface area contributed by atoms with Crippen molar-refractivity contribution >= 4 is 28.4 Å². The van der Waals surface area contributed by atoms with Gasteiger partial charge in [0.25, 0.3) is 0 Å². The Bertz CT molecular complexity index is 1530. The molecule has 1 N–H and O–H groups in total. The van der Waals surface area contributed by atoms with Crippen molar-refractivity contribution in [3.8, 4) is 5.69 Å². The lowest BCUT2D eigenvalue weighted by Gasteiger charge is -2.44. The van der Waals surface area contributed by atoms with Crippen LogP contribution in [0.25, 0.3) is 16.6 Å². The first-order valence-electron chi connectivity index (χ1n) is 13.1. The topological polar surface area (TPSA) is 76.5 Å². The monoisotopic (exact) mass is 510 g/mol. The van der Waals surface area contributed by atoms with Gasteiger partial charge < -0.3 is 10.1 Å². The average molecular weight is 511 g/mol.